The highest BCUT2D eigenvalue weighted by Gasteiger charge is 2.06. The minimum Gasteiger partial charge on any atom is -0.491 e. The van der Waals surface area contributed by atoms with Gasteiger partial charge in [0.2, 0.25) is 0 Å². The first kappa shape index (κ1) is 26.2. The predicted octanol–water partition coefficient (Wildman–Crippen LogP) is 3.57. The van der Waals surface area contributed by atoms with E-state index in [9.17, 15) is 0 Å². The number of aryl methyl sites for hydroxylation is 1. The standard InChI is InChI=1S/C23H34N4O2.HI/c1-18-9-10-21(22(13-18)29-12-11-28-5)16-26-23(24-2)25-15-19-7-6-8-20(14-19)17-27(3)4;/h6-10,13-14H,11-12,15-17H2,1-5H3,(H2,24,25,26);1H. The third-order valence-corrected chi connectivity index (χ3v) is 4.39. The third-order valence-electron chi connectivity index (χ3n) is 4.39. The maximum atomic E-state index is 5.87. The predicted molar refractivity (Wildman–Crippen MR) is 135 cm³/mol. The van der Waals surface area contributed by atoms with E-state index in [1.165, 1.54) is 16.7 Å². The summed E-state index contributed by atoms with van der Waals surface area (Å²) in [4.78, 5) is 6.50. The molecule has 0 amide bonds. The first-order valence-corrected chi connectivity index (χ1v) is 9.90. The van der Waals surface area contributed by atoms with Crippen LogP contribution in [0.4, 0.5) is 0 Å². The molecule has 0 saturated heterocycles. The largest absolute Gasteiger partial charge is 0.491 e. The molecular formula is C23H35IN4O2. The van der Waals surface area contributed by atoms with Crippen LogP contribution in [0.5, 0.6) is 5.75 Å². The quantitative estimate of drug-likeness (QED) is 0.215. The SMILES string of the molecule is CN=C(NCc1cccc(CN(C)C)c1)NCc1ccc(C)cc1OCCOC.I. The molecule has 0 unspecified atom stereocenters. The monoisotopic (exact) mass is 526 g/mol. The summed E-state index contributed by atoms with van der Waals surface area (Å²) in [5.41, 5.74) is 4.78. The summed E-state index contributed by atoms with van der Waals surface area (Å²) >= 11 is 0. The molecule has 0 aliphatic heterocycles. The van der Waals surface area contributed by atoms with Crippen LogP contribution in [0.25, 0.3) is 0 Å². The van der Waals surface area contributed by atoms with Crippen LogP contribution in [0.1, 0.15) is 22.3 Å². The number of methoxy groups -OCH3 is 1. The summed E-state index contributed by atoms with van der Waals surface area (Å²) in [6.45, 7) is 5.43. The zero-order valence-corrected chi connectivity index (χ0v) is 21.0. The minimum atomic E-state index is 0. The van der Waals surface area contributed by atoms with Crippen molar-refractivity contribution in [2.45, 2.75) is 26.6 Å². The summed E-state index contributed by atoms with van der Waals surface area (Å²) in [6, 6.07) is 14.8. The van der Waals surface area contributed by atoms with Crippen LogP contribution < -0.4 is 15.4 Å². The van der Waals surface area contributed by atoms with Crippen molar-refractivity contribution < 1.29 is 9.47 Å². The lowest BCUT2D eigenvalue weighted by atomic mass is 10.1. The van der Waals surface area contributed by atoms with E-state index < -0.39 is 0 Å². The van der Waals surface area contributed by atoms with E-state index in [-0.39, 0.29) is 24.0 Å². The third kappa shape index (κ3) is 9.32. The Labute approximate surface area is 198 Å². The Balaban J connectivity index is 0.00000450. The van der Waals surface area contributed by atoms with Crippen LogP contribution in [0, 0.1) is 6.92 Å². The highest BCUT2D eigenvalue weighted by atomic mass is 127. The Morgan fingerprint density at radius 2 is 1.73 bits per heavy atom. The van der Waals surface area contributed by atoms with Gasteiger partial charge in [0, 0.05) is 39.4 Å². The van der Waals surface area contributed by atoms with E-state index in [4.69, 9.17) is 9.47 Å². The topological polar surface area (TPSA) is 58.1 Å². The zero-order chi connectivity index (χ0) is 21.1. The normalized spacial score (nSPS) is 11.2. The highest BCUT2D eigenvalue weighted by molar-refractivity contribution is 14.0. The number of rotatable bonds is 10. The van der Waals surface area contributed by atoms with E-state index in [1.807, 2.05) is 0 Å². The zero-order valence-electron chi connectivity index (χ0n) is 18.7. The van der Waals surface area contributed by atoms with Crippen molar-refractivity contribution in [2.75, 3.05) is 41.5 Å². The van der Waals surface area contributed by atoms with Crippen molar-refractivity contribution in [1.82, 2.24) is 15.5 Å². The molecule has 0 bridgehead atoms. The molecule has 30 heavy (non-hydrogen) atoms. The van der Waals surface area contributed by atoms with Crippen molar-refractivity contribution in [3.63, 3.8) is 0 Å². The average molecular weight is 526 g/mol. The van der Waals surface area contributed by atoms with E-state index in [0.29, 0.717) is 26.3 Å². The highest BCUT2D eigenvalue weighted by Crippen LogP contribution is 2.20. The summed E-state index contributed by atoms with van der Waals surface area (Å²) in [5.74, 6) is 1.63. The molecule has 2 rings (SSSR count). The van der Waals surface area contributed by atoms with Crippen molar-refractivity contribution in [3.8, 4) is 5.75 Å². The Hall–Kier alpha value is -1.84. The average Bonchev–Trinajstić information content (AvgIpc) is 2.69. The molecule has 166 valence electrons. The molecule has 0 aromatic heterocycles. The summed E-state index contributed by atoms with van der Waals surface area (Å²) in [6.07, 6.45) is 0. The number of aliphatic imine (C=N–C) groups is 1. The van der Waals surface area contributed by atoms with Crippen molar-refractivity contribution in [3.05, 3.63) is 64.7 Å². The Bertz CT molecular complexity index is 797. The lowest BCUT2D eigenvalue weighted by Crippen LogP contribution is -2.36. The molecule has 2 aromatic carbocycles. The maximum absolute atomic E-state index is 5.87. The van der Waals surface area contributed by atoms with Crippen LogP contribution >= 0.6 is 24.0 Å². The van der Waals surface area contributed by atoms with Gasteiger partial charge in [0.25, 0.3) is 0 Å². The van der Waals surface area contributed by atoms with Crippen LogP contribution in [-0.2, 0) is 24.4 Å². The lowest BCUT2D eigenvalue weighted by Gasteiger charge is -2.16. The van der Waals surface area contributed by atoms with Gasteiger partial charge in [-0.15, -0.1) is 24.0 Å². The van der Waals surface area contributed by atoms with Crippen LogP contribution in [-0.4, -0.2) is 52.3 Å². The van der Waals surface area contributed by atoms with Crippen molar-refractivity contribution in [2.24, 2.45) is 4.99 Å². The second kappa shape index (κ2) is 14.2. The molecule has 0 radical (unpaired) electrons. The summed E-state index contributed by atoms with van der Waals surface area (Å²) < 4.78 is 10.9. The fraction of sp³-hybridized carbons (Fsp3) is 0.435. The van der Waals surface area contributed by atoms with Crippen molar-refractivity contribution >= 4 is 29.9 Å². The minimum absolute atomic E-state index is 0. The molecule has 2 N–H and O–H groups in total. The Morgan fingerprint density at radius 1 is 1.00 bits per heavy atom. The van der Waals surface area contributed by atoms with Gasteiger partial charge in [0.1, 0.15) is 12.4 Å². The van der Waals surface area contributed by atoms with Gasteiger partial charge in [-0.3, -0.25) is 4.99 Å². The fourth-order valence-electron chi connectivity index (χ4n) is 2.97. The van der Waals surface area contributed by atoms with Crippen molar-refractivity contribution in [1.29, 1.82) is 0 Å². The molecule has 6 nitrogen and oxygen atoms in total. The molecular weight excluding hydrogens is 491 g/mol. The van der Waals surface area contributed by atoms with Gasteiger partial charge >= 0.3 is 0 Å². The smallest absolute Gasteiger partial charge is 0.191 e. The summed E-state index contributed by atoms with van der Waals surface area (Å²) in [7, 11) is 7.61. The van der Waals surface area contributed by atoms with Crippen LogP contribution in [0.15, 0.2) is 47.5 Å². The Morgan fingerprint density at radius 3 is 2.43 bits per heavy atom. The van der Waals surface area contributed by atoms with Gasteiger partial charge < -0.3 is 25.0 Å². The number of benzene rings is 2. The van der Waals surface area contributed by atoms with Gasteiger partial charge in [0.15, 0.2) is 5.96 Å². The molecule has 7 heteroatoms. The van der Waals surface area contributed by atoms with Gasteiger partial charge in [-0.25, -0.2) is 0 Å². The molecule has 0 aliphatic rings. The fourth-order valence-corrected chi connectivity index (χ4v) is 2.97. The molecule has 0 heterocycles. The number of nitrogens with one attached hydrogen (secondary N) is 2. The number of halogens is 1. The molecule has 0 spiro atoms. The number of guanidine groups is 1. The number of hydrogen-bond acceptors (Lipinski definition) is 4. The number of hydrogen-bond donors (Lipinski definition) is 2. The van der Waals surface area contributed by atoms with Crippen LogP contribution in [0.2, 0.25) is 0 Å². The molecule has 2 aromatic rings. The first-order valence-electron chi connectivity index (χ1n) is 9.90. The van der Waals surface area contributed by atoms with E-state index in [0.717, 1.165) is 23.8 Å². The number of nitrogens with zero attached hydrogens (tertiary/aromatic N) is 2. The van der Waals surface area contributed by atoms with Crippen LogP contribution in [0.3, 0.4) is 0 Å². The van der Waals surface area contributed by atoms with Gasteiger partial charge in [0.05, 0.1) is 6.61 Å². The summed E-state index contributed by atoms with van der Waals surface area (Å²) in [5, 5.41) is 6.76. The maximum Gasteiger partial charge on any atom is 0.191 e. The van der Waals surface area contributed by atoms with Gasteiger partial charge in [-0.1, -0.05) is 36.4 Å². The van der Waals surface area contributed by atoms with E-state index >= 15 is 0 Å². The number of ether oxygens (including phenoxy) is 2. The van der Waals surface area contributed by atoms with Gasteiger partial charge in [-0.2, -0.15) is 0 Å². The molecule has 0 atom stereocenters. The second-order valence-electron chi connectivity index (χ2n) is 7.29. The van der Waals surface area contributed by atoms with E-state index in [1.54, 1.807) is 14.2 Å². The lowest BCUT2D eigenvalue weighted by molar-refractivity contribution is 0.145. The molecule has 0 saturated carbocycles. The second-order valence-corrected chi connectivity index (χ2v) is 7.29. The van der Waals surface area contributed by atoms with Gasteiger partial charge in [-0.05, 0) is 43.8 Å². The van der Waals surface area contributed by atoms with E-state index in [2.05, 4.69) is 84.0 Å². The molecule has 0 fully saturated rings. The Kier molecular flexibility index (Phi) is 12.4. The first-order chi connectivity index (χ1) is 14.0. The molecule has 0 aliphatic carbocycles.